The molecule has 3 heterocycles. The van der Waals surface area contributed by atoms with Gasteiger partial charge in [0.1, 0.15) is 0 Å². The van der Waals surface area contributed by atoms with Crippen molar-refractivity contribution >= 4 is 5.91 Å². The average molecular weight is 322 g/mol. The second-order valence-corrected chi connectivity index (χ2v) is 7.03. The van der Waals surface area contributed by atoms with Crippen LogP contribution in [0.3, 0.4) is 0 Å². The maximum atomic E-state index is 12.9. The van der Waals surface area contributed by atoms with E-state index in [0.717, 1.165) is 32.5 Å². The molecule has 24 heavy (non-hydrogen) atoms. The number of likely N-dealkylation sites (tertiary alicyclic amines) is 1. The first-order valence-corrected chi connectivity index (χ1v) is 8.51. The minimum absolute atomic E-state index is 0.0534. The summed E-state index contributed by atoms with van der Waals surface area (Å²) in [4.78, 5) is 17.3. The molecule has 0 radical (unpaired) electrons. The molecule has 124 valence electrons. The van der Waals surface area contributed by atoms with E-state index >= 15 is 0 Å². The standard InChI is InChI=1S/C19H22N4O/c1-22-10-7-19(8-11-22)14-23(13-16-4-2-3-5-17(16)19)18(24)15-6-9-20-21-12-15/h2-6,9,12H,7-8,10-11,13-14H2,1H3. The summed E-state index contributed by atoms with van der Waals surface area (Å²) in [5.74, 6) is 0.0534. The first kappa shape index (κ1) is 15.3. The van der Waals surface area contributed by atoms with Crippen LogP contribution in [0.25, 0.3) is 0 Å². The molecule has 0 atom stereocenters. The van der Waals surface area contributed by atoms with Crippen LogP contribution in [-0.2, 0) is 12.0 Å². The normalized spacial score (nSPS) is 20.0. The van der Waals surface area contributed by atoms with E-state index in [4.69, 9.17) is 0 Å². The van der Waals surface area contributed by atoms with Crippen LogP contribution >= 0.6 is 0 Å². The largest absolute Gasteiger partial charge is 0.333 e. The molecule has 4 rings (SSSR count). The van der Waals surface area contributed by atoms with E-state index in [1.807, 2.05) is 4.90 Å². The number of amides is 1. The Bertz CT molecular complexity index is 738. The van der Waals surface area contributed by atoms with Crippen molar-refractivity contribution < 1.29 is 4.79 Å². The van der Waals surface area contributed by atoms with Gasteiger partial charge in [-0.3, -0.25) is 4.79 Å². The molecule has 5 heteroatoms. The minimum Gasteiger partial charge on any atom is -0.333 e. The van der Waals surface area contributed by atoms with Gasteiger partial charge < -0.3 is 9.80 Å². The Labute approximate surface area is 142 Å². The van der Waals surface area contributed by atoms with Crippen LogP contribution in [-0.4, -0.2) is 52.6 Å². The van der Waals surface area contributed by atoms with Gasteiger partial charge in [-0.2, -0.15) is 10.2 Å². The van der Waals surface area contributed by atoms with E-state index in [-0.39, 0.29) is 11.3 Å². The van der Waals surface area contributed by atoms with Crippen LogP contribution in [0, 0.1) is 0 Å². The zero-order valence-electron chi connectivity index (χ0n) is 14.0. The van der Waals surface area contributed by atoms with Crippen LogP contribution in [0.2, 0.25) is 0 Å². The highest BCUT2D eigenvalue weighted by molar-refractivity contribution is 5.94. The number of piperidine rings is 1. The molecule has 2 aromatic rings. The maximum Gasteiger partial charge on any atom is 0.255 e. The monoisotopic (exact) mass is 322 g/mol. The zero-order valence-corrected chi connectivity index (χ0v) is 14.0. The molecule has 0 saturated carbocycles. The lowest BCUT2D eigenvalue weighted by atomic mass is 9.69. The lowest BCUT2D eigenvalue weighted by Crippen LogP contribution is -2.52. The molecule has 0 aliphatic carbocycles. The van der Waals surface area contributed by atoms with Crippen molar-refractivity contribution in [1.82, 2.24) is 20.0 Å². The van der Waals surface area contributed by atoms with Crippen molar-refractivity contribution in [3.05, 3.63) is 59.4 Å². The first-order valence-electron chi connectivity index (χ1n) is 8.51. The van der Waals surface area contributed by atoms with Gasteiger partial charge in [0.2, 0.25) is 0 Å². The molecule has 1 aromatic heterocycles. The number of nitrogens with zero attached hydrogens (tertiary/aromatic N) is 4. The fourth-order valence-electron chi connectivity index (χ4n) is 4.10. The van der Waals surface area contributed by atoms with Gasteiger partial charge in [0.15, 0.2) is 0 Å². The summed E-state index contributed by atoms with van der Waals surface area (Å²) in [6, 6.07) is 10.4. The molecular weight excluding hydrogens is 300 g/mol. The Balaban J connectivity index is 1.69. The third kappa shape index (κ3) is 2.59. The van der Waals surface area contributed by atoms with Gasteiger partial charge in [0, 0.05) is 18.5 Å². The van der Waals surface area contributed by atoms with Crippen LogP contribution in [0.5, 0.6) is 0 Å². The molecule has 1 saturated heterocycles. The second-order valence-electron chi connectivity index (χ2n) is 7.03. The molecule has 0 N–H and O–H groups in total. The summed E-state index contributed by atoms with van der Waals surface area (Å²) in [6.45, 7) is 3.62. The predicted molar refractivity (Wildman–Crippen MR) is 91.6 cm³/mol. The van der Waals surface area contributed by atoms with Gasteiger partial charge in [0.25, 0.3) is 5.91 Å². The molecule has 1 fully saturated rings. The Morgan fingerprint density at radius 1 is 1.12 bits per heavy atom. The van der Waals surface area contributed by atoms with Crippen LogP contribution in [0.15, 0.2) is 42.7 Å². The molecule has 5 nitrogen and oxygen atoms in total. The highest BCUT2D eigenvalue weighted by Crippen LogP contribution is 2.41. The van der Waals surface area contributed by atoms with Crippen molar-refractivity contribution in [2.24, 2.45) is 0 Å². The molecule has 1 amide bonds. The Hall–Kier alpha value is -2.27. The highest BCUT2D eigenvalue weighted by atomic mass is 16.2. The Morgan fingerprint density at radius 2 is 1.92 bits per heavy atom. The van der Waals surface area contributed by atoms with Crippen molar-refractivity contribution in [2.75, 3.05) is 26.7 Å². The number of hydrogen-bond donors (Lipinski definition) is 0. The third-order valence-electron chi connectivity index (χ3n) is 5.51. The summed E-state index contributed by atoms with van der Waals surface area (Å²) < 4.78 is 0. The second kappa shape index (κ2) is 5.98. The smallest absolute Gasteiger partial charge is 0.255 e. The zero-order chi connectivity index (χ0) is 16.6. The number of carbonyl (C=O) groups is 1. The SMILES string of the molecule is CN1CCC2(CC1)CN(C(=O)c1ccnnc1)Cc1ccccc12. The number of benzene rings is 1. The van der Waals surface area contributed by atoms with Crippen LogP contribution in [0.1, 0.15) is 34.3 Å². The summed E-state index contributed by atoms with van der Waals surface area (Å²) in [5, 5.41) is 7.63. The first-order chi connectivity index (χ1) is 11.7. The van der Waals surface area contributed by atoms with Crippen molar-refractivity contribution in [1.29, 1.82) is 0 Å². The highest BCUT2D eigenvalue weighted by Gasteiger charge is 2.42. The fourth-order valence-corrected chi connectivity index (χ4v) is 4.10. The van der Waals surface area contributed by atoms with E-state index in [2.05, 4.69) is 46.4 Å². The van der Waals surface area contributed by atoms with Crippen LogP contribution < -0.4 is 0 Å². The maximum absolute atomic E-state index is 12.9. The molecule has 2 aliphatic heterocycles. The van der Waals surface area contributed by atoms with Gasteiger partial charge in [0.05, 0.1) is 18.0 Å². The molecule has 2 aliphatic rings. The summed E-state index contributed by atoms with van der Waals surface area (Å²) in [5.41, 5.74) is 3.42. The molecule has 1 spiro atoms. The van der Waals surface area contributed by atoms with Gasteiger partial charge in [-0.05, 0) is 50.2 Å². The number of rotatable bonds is 1. The van der Waals surface area contributed by atoms with Gasteiger partial charge >= 0.3 is 0 Å². The molecule has 1 aromatic carbocycles. The van der Waals surface area contributed by atoms with Crippen LogP contribution in [0.4, 0.5) is 0 Å². The lowest BCUT2D eigenvalue weighted by Gasteiger charge is -2.48. The van der Waals surface area contributed by atoms with Crippen molar-refractivity contribution in [2.45, 2.75) is 24.8 Å². The number of hydrogen-bond acceptors (Lipinski definition) is 4. The Kier molecular flexibility index (Phi) is 3.81. The quantitative estimate of drug-likeness (QED) is 0.807. The van der Waals surface area contributed by atoms with Gasteiger partial charge in [-0.1, -0.05) is 24.3 Å². The van der Waals surface area contributed by atoms with E-state index in [1.165, 1.54) is 11.1 Å². The summed E-state index contributed by atoms with van der Waals surface area (Å²) >= 11 is 0. The third-order valence-corrected chi connectivity index (χ3v) is 5.51. The fraction of sp³-hybridized carbons (Fsp3) is 0.421. The minimum atomic E-state index is 0.0534. The molecule has 0 bridgehead atoms. The van der Waals surface area contributed by atoms with Gasteiger partial charge in [-0.25, -0.2) is 0 Å². The number of aromatic nitrogens is 2. The number of fused-ring (bicyclic) bond motifs is 2. The lowest BCUT2D eigenvalue weighted by molar-refractivity contribution is 0.0598. The van der Waals surface area contributed by atoms with Crippen molar-refractivity contribution in [3.63, 3.8) is 0 Å². The van der Waals surface area contributed by atoms with E-state index in [9.17, 15) is 4.79 Å². The molecular formula is C19H22N4O. The predicted octanol–water partition coefficient (Wildman–Crippen LogP) is 2.10. The van der Waals surface area contributed by atoms with E-state index in [1.54, 1.807) is 18.5 Å². The van der Waals surface area contributed by atoms with E-state index < -0.39 is 0 Å². The van der Waals surface area contributed by atoms with Gasteiger partial charge in [-0.15, -0.1) is 0 Å². The molecule has 0 unspecified atom stereocenters. The van der Waals surface area contributed by atoms with E-state index in [0.29, 0.717) is 12.1 Å². The summed E-state index contributed by atoms with van der Waals surface area (Å²) in [6.07, 6.45) is 5.33. The average Bonchev–Trinajstić information content (AvgIpc) is 2.64. The topological polar surface area (TPSA) is 49.3 Å². The van der Waals surface area contributed by atoms with Crippen molar-refractivity contribution in [3.8, 4) is 0 Å². The number of carbonyl (C=O) groups excluding carboxylic acids is 1. The summed E-state index contributed by atoms with van der Waals surface area (Å²) in [7, 11) is 2.17. The Morgan fingerprint density at radius 3 is 2.67 bits per heavy atom.